The molecule has 0 aliphatic heterocycles. The van der Waals surface area contributed by atoms with Crippen LogP contribution in [-0.4, -0.2) is 6.54 Å². The quantitative estimate of drug-likeness (QED) is 0.866. The number of rotatable bonds is 3. The van der Waals surface area contributed by atoms with Crippen LogP contribution in [0, 0.1) is 13.8 Å². The summed E-state index contributed by atoms with van der Waals surface area (Å²) in [6, 6.07) is 10.2. The van der Waals surface area contributed by atoms with Crippen molar-refractivity contribution in [1.29, 1.82) is 0 Å². The van der Waals surface area contributed by atoms with Crippen molar-refractivity contribution >= 4 is 23.2 Å². The molecule has 2 aromatic rings. The lowest BCUT2D eigenvalue weighted by Crippen LogP contribution is -2.04. The summed E-state index contributed by atoms with van der Waals surface area (Å²) in [5, 5.41) is 1.39. The van der Waals surface area contributed by atoms with E-state index < -0.39 is 0 Å². The summed E-state index contributed by atoms with van der Waals surface area (Å²) < 4.78 is 0. The Hall–Kier alpha value is -1.02. The van der Waals surface area contributed by atoms with Crippen LogP contribution in [0.3, 0.4) is 0 Å². The molecule has 0 aliphatic carbocycles. The van der Waals surface area contributed by atoms with Gasteiger partial charge in [-0.25, -0.2) is 0 Å². The normalized spacial score (nSPS) is 10.8. The van der Waals surface area contributed by atoms with Crippen molar-refractivity contribution in [2.75, 3.05) is 6.54 Å². The predicted molar refractivity (Wildman–Crippen MR) is 84.1 cm³/mol. The van der Waals surface area contributed by atoms with Crippen LogP contribution < -0.4 is 5.73 Å². The Morgan fingerprint density at radius 1 is 1.00 bits per heavy atom. The first-order valence-electron chi connectivity index (χ1n) is 6.29. The van der Waals surface area contributed by atoms with Gasteiger partial charge in [-0.2, -0.15) is 0 Å². The molecule has 0 atom stereocenters. The third-order valence-electron chi connectivity index (χ3n) is 3.40. The molecule has 0 radical (unpaired) electrons. The summed E-state index contributed by atoms with van der Waals surface area (Å²) >= 11 is 12.7. The number of nitrogens with two attached hydrogens (primary N) is 1. The number of hydrogen-bond acceptors (Lipinski definition) is 1. The lowest BCUT2D eigenvalue weighted by atomic mass is 9.98. The van der Waals surface area contributed by atoms with Crippen LogP contribution in [0.5, 0.6) is 0 Å². The van der Waals surface area contributed by atoms with Gasteiger partial charge in [0.1, 0.15) is 0 Å². The summed E-state index contributed by atoms with van der Waals surface area (Å²) in [6.07, 6.45) is 0.691. The Balaban J connectivity index is 2.56. The van der Waals surface area contributed by atoms with Crippen molar-refractivity contribution in [3.63, 3.8) is 0 Å². The minimum atomic E-state index is 0.538. The zero-order chi connectivity index (χ0) is 14.0. The molecule has 100 valence electrons. The van der Waals surface area contributed by atoms with Crippen molar-refractivity contribution < 1.29 is 0 Å². The van der Waals surface area contributed by atoms with Crippen LogP contribution in [0.4, 0.5) is 0 Å². The van der Waals surface area contributed by atoms with E-state index in [1.807, 2.05) is 12.1 Å². The molecular weight excluding hydrogens is 277 g/mol. The van der Waals surface area contributed by atoms with Crippen LogP contribution in [0.2, 0.25) is 10.0 Å². The van der Waals surface area contributed by atoms with Gasteiger partial charge in [0.15, 0.2) is 0 Å². The number of hydrogen-bond donors (Lipinski definition) is 1. The molecule has 2 rings (SSSR count). The second-order valence-corrected chi connectivity index (χ2v) is 5.51. The molecule has 0 aromatic heterocycles. The van der Waals surface area contributed by atoms with Crippen LogP contribution in [-0.2, 0) is 6.42 Å². The number of benzene rings is 2. The van der Waals surface area contributed by atoms with Gasteiger partial charge in [-0.15, -0.1) is 0 Å². The Morgan fingerprint density at radius 2 is 1.74 bits per heavy atom. The molecule has 1 nitrogen and oxygen atoms in total. The maximum atomic E-state index is 6.48. The summed E-state index contributed by atoms with van der Waals surface area (Å²) in [4.78, 5) is 0. The fourth-order valence-electron chi connectivity index (χ4n) is 2.10. The molecule has 2 aromatic carbocycles. The number of aryl methyl sites for hydroxylation is 2. The fourth-order valence-corrected chi connectivity index (χ4v) is 2.77. The van der Waals surface area contributed by atoms with Crippen molar-refractivity contribution in [3.8, 4) is 11.1 Å². The zero-order valence-electron chi connectivity index (χ0n) is 11.1. The SMILES string of the molecule is Cc1ccc(-c2ccc(Cl)c(CCN)c2Cl)cc1C. The van der Waals surface area contributed by atoms with Crippen LogP contribution in [0.25, 0.3) is 11.1 Å². The van der Waals surface area contributed by atoms with E-state index in [2.05, 4.69) is 32.0 Å². The highest BCUT2D eigenvalue weighted by atomic mass is 35.5. The first-order chi connectivity index (χ1) is 9.04. The molecule has 0 saturated heterocycles. The maximum absolute atomic E-state index is 6.48. The second-order valence-electron chi connectivity index (χ2n) is 4.73. The largest absolute Gasteiger partial charge is 0.330 e. The molecule has 3 heteroatoms. The highest BCUT2D eigenvalue weighted by Crippen LogP contribution is 2.35. The van der Waals surface area contributed by atoms with Gasteiger partial charge in [-0.3, -0.25) is 0 Å². The topological polar surface area (TPSA) is 26.0 Å². The van der Waals surface area contributed by atoms with Gasteiger partial charge in [-0.1, -0.05) is 47.5 Å². The van der Waals surface area contributed by atoms with Crippen LogP contribution in [0.15, 0.2) is 30.3 Å². The molecule has 0 aliphatic rings. The molecule has 0 saturated carbocycles. The summed E-state index contributed by atoms with van der Waals surface area (Å²) in [7, 11) is 0. The minimum absolute atomic E-state index is 0.538. The van der Waals surface area contributed by atoms with Crippen molar-refractivity contribution in [2.45, 2.75) is 20.3 Å². The maximum Gasteiger partial charge on any atom is 0.0531 e. The lowest BCUT2D eigenvalue weighted by molar-refractivity contribution is 0.969. The zero-order valence-corrected chi connectivity index (χ0v) is 12.6. The van der Waals surface area contributed by atoms with Gasteiger partial charge in [0.05, 0.1) is 5.02 Å². The first kappa shape index (κ1) is 14.4. The van der Waals surface area contributed by atoms with Crippen LogP contribution in [0.1, 0.15) is 16.7 Å². The third kappa shape index (κ3) is 2.94. The lowest BCUT2D eigenvalue weighted by Gasteiger charge is -2.12. The van der Waals surface area contributed by atoms with E-state index in [1.54, 1.807) is 0 Å². The monoisotopic (exact) mass is 293 g/mol. The summed E-state index contributed by atoms with van der Waals surface area (Å²) in [6.45, 7) is 4.74. The number of halogens is 2. The smallest absolute Gasteiger partial charge is 0.0531 e. The van der Waals surface area contributed by atoms with Crippen molar-refractivity contribution in [3.05, 3.63) is 57.1 Å². The van der Waals surface area contributed by atoms with E-state index in [0.717, 1.165) is 16.7 Å². The molecule has 0 heterocycles. The molecule has 0 fully saturated rings. The molecule has 19 heavy (non-hydrogen) atoms. The average molecular weight is 294 g/mol. The molecule has 0 bridgehead atoms. The van der Waals surface area contributed by atoms with E-state index >= 15 is 0 Å². The van der Waals surface area contributed by atoms with Gasteiger partial charge in [-0.05, 0) is 55.1 Å². The Morgan fingerprint density at radius 3 is 2.37 bits per heavy atom. The highest BCUT2D eigenvalue weighted by molar-refractivity contribution is 6.37. The predicted octanol–water partition coefficient (Wildman–Crippen LogP) is 4.78. The third-order valence-corrected chi connectivity index (χ3v) is 4.18. The molecule has 2 N–H and O–H groups in total. The Bertz CT molecular complexity index is 606. The first-order valence-corrected chi connectivity index (χ1v) is 7.04. The van der Waals surface area contributed by atoms with Crippen LogP contribution >= 0.6 is 23.2 Å². The van der Waals surface area contributed by atoms with Crippen molar-refractivity contribution in [1.82, 2.24) is 0 Å². The van der Waals surface area contributed by atoms with E-state index in [0.29, 0.717) is 23.0 Å². The van der Waals surface area contributed by atoms with Gasteiger partial charge < -0.3 is 5.73 Å². The minimum Gasteiger partial charge on any atom is -0.330 e. The summed E-state index contributed by atoms with van der Waals surface area (Å²) in [5.41, 5.74) is 11.2. The van der Waals surface area contributed by atoms with Gasteiger partial charge in [0.25, 0.3) is 0 Å². The molecule has 0 spiro atoms. The molecule has 0 amide bonds. The average Bonchev–Trinajstić information content (AvgIpc) is 2.38. The molecular formula is C16H17Cl2N. The Kier molecular flexibility index (Phi) is 4.51. The standard InChI is InChI=1S/C16H17Cl2N/c1-10-3-4-12(9-11(10)2)13-5-6-15(17)14(7-8-19)16(13)18/h3-6,9H,7-8,19H2,1-2H3. The highest BCUT2D eigenvalue weighted by Gasteiger charge is 2.12. The van der Waals surface area contributed by atoms with E-state index in [1.165, 1.54) is 11.1 Å². The molecule has 0 unspecified atom stereocenters. The van der Waals surface area contributed by atoms with Gasteiger partial charge in [0.2, 0.25) is 0 Å². The van der Waals surface area contributed by atoms with Gasteiger partial charge in [0, 0.05) is 10.6 Å². The van der Waals surface area contributed by atoms with E-state index in [9.17, 15) is 0 Å². The van der Waals surface area contributed by atoms with E-state index in [4.69, 9.17) is 28.9 Å². The Labute approximate surface area is 124 Å². The fraction of sp³-hybridized carbons (Fsp3) is 0.250. The van der Waals surface area contributed by atoms with Gasteiger partial charge >= 0.3 is 0 Å². The second kappa shape index (κ2) is 5.96. The van der Waals surface area contributed by atoms with E-state index in [-0.39, 0.29) is 0 Å². The van der Waals surface area contributed by atoms with Crippen molar-refractivity contribution in [2.24, 2.45) is 5.73 Å². The summed E-state index contributed by atoms with van der Waals surface area (Å²) in [5.74, 6) is 0.